The molecule has 1 heteroatoms. The molecule has 0 aliphatic heterocycles. The number of hydrogen-bond acceptors (Lipinski definition) is 1. The van der Waals surface area contributed by atoms with Crippen LogP contribution in [0.15, 0.2) is 24.3 Å². The smallest absolute Gasteiger partial charge is 0.115 e. The van der Waals surface area contributed by atoms with Crippen LogP contribution >= 0.6 is 0 Å². The van der Waals surface area contributed by atoms with Crippen LogP contribution in [-0.2, 0) is 0 Å². The highest BCUT2D eigenvalue weighted by molar-refractivity contribution is 5.30. The number of benzene rings is 1. The van der Waals surface area contributed by atoms with Gasteiger partial charge in [0, 0.05) is 0 Å². The van der Waals surface area contributed by atoms with Gasteiger partial charge in [0.05, 0.1) is 0 Å². The van der Waals surface area contributed by atoms with E-state index in [0.717, 1.165) is 11.8 Å². The van der Waals surface area contributed by atoms with Gasteiger partial charge in [-0.1, -0.05) is 57.1 Å². The summed E-state index contributed by atoms with van der Waals surface area (Å²) < 4.78 is 0. The van der Waals surface area contributed by atoms with Crippen molar-refractivity contribution in [2.75, 3.05) is 0 Å². The van der Waals surface area contributed by atoms with E-state index in [-0.39, 0.29) is 0 Å². The quantitative estimate of drug-likeness (QED) is 0.768. The predicted molar refractivity (Wildman–Crippen MR) is 79.4 cm³/mol. The molecule has 1 nitrogen and oxygen atoms in total. The van der Waals surface area contributed by atoms with Crippen molar-refractivity contribution in [1.29, 1.82) is 0 Å². The van der Waals surface area contributed by atoms with Crippen LogP contribution in [0.5, 0.6) is 5.75 Å². The highest BCUT2D eigenvalue weighted by Gasteiger charge is 2.29. The summed E-state index contributed by atoms with van der Waals surface area (Å²) in [6.45, 7) is 0. The van der Waals surface area contributed by atoms with Crippen molar-refractivity contribution in [3.8, 4) is 5.75 Å². The Hall–Kier alpha value is -0.980. The maximum absolute atomic E-state index is 9.66. The van der Waals surface area contributed by atoms with Crippen molar-refractivity contribution in [3.05, 3.63) is 29.8 Å². The first-order valence-electron chi connectivity index (χ1n) is 8.12. The third kappa shape index (κ3) is 3.13. The molecule has 0 amide bonds. The second-order valence-electron chi connectivity index (χ2n) is 6.62. The lowest BCUT2D eigenvalue weighted by atomic mass is 9.69. The van der Waals surface area contributed by atoms with Crippen molar-refractivity contribution in [3.63, 3.8) is 0 Å². The van der Waals surface area contributed by atoms with Gasteiger partial charge in [-0.25, -0.2) is 0 Å². The fraction of sp³-hybridized carbons (Fsp3) is 0.667. The zero-order chi connectivity index (χ0) is 13.1. The van der Waals surface area contributed by atoms with Gasteiger partial charge >= 0.3 is 0 Å². The molecule has 2 fully saturated rings. The summed E-state index contributed by atoms with van der Waals surface area (Å²) in [5, 5.41) is 9.66. The van der Waals surface area contributed by atoms with Crippen LogP contribution in [0.25, 0.3) is 0 Å². The number of phenolic OH excluding ortho intramolecular Hbond substituents is 1. The Labute approximate surface area is 117 Å². The monoisotopic (exact) mass is 258 g/mol. The fourth-order valence-corrected chi connectivity index (χ4v) is 4.34. The van der Waals surface area contributed by atoms with Crippen LogP contribution in [0, 0.1) is 11.8 Å². The standard InChI is InChI=1S/C18H26O/c19-18-11-5-10-17(13-18)16-9-4-8-15(12-16)14-6-2-1-3-7-14/h5,10-11,13-16,19H,1-4,6-9,12H2. The second kappa shape index (κ2) is 5.98. The molecule has 0 bridgehead atoms. The molecule has 1 aromatic rings. The predicted octanol–water partition coefficient (Wildman–Crippen LogP) is 5.25. The minimum absolute atomic E-state index is 0.428. The maximum Gasteiger partial charge on any atom is 0.115 e. The number of rotatable bonds is 2. The molecule has 0 heterocycles. The van der Waals surface area contributed by atoms with E-state index < -0.39 is 0 Å². The normalized spacial score (nSPS) is 29.3. The lowest BCUT2D eigenvalue weighted by Crippen LogP contribution is -2.23. The van der Waals surface area contributed by atoms with E-state index in [1.807, 2.05) is 12.1 Å². The van der Waals surface area contributed by atoms with Gasteiger partial charge in [-0.2, -0.15) is 0 Å². The summed E-state index contributed by atoms with van der Waals surface area (Å²) in [5.74, 6) is 3.06. The molecule has 19 heavy (non-hydrogen) atoms. The van der Waals surface area contributed by atoms with E-state index in [9.17, 15) is 5.11 Å². The lowest BCUT2D eigenvalue weighted by Gasteiger charge is -2.36. The van der Waals surface area contributed by atoms with Gasteiger partial charge < -0.3 is 5.11 Å². The zero-order valence-corrected chi connectivity index (χ0v) is 11.9. The van der Waals surface area contributed by atoms with Gasteiger partial charge in [0.1, 0.15) is 5.75 Å². The Bertz CT molecular complexity index is 406. The lowest BCUT2D eigenvalue weighted by molar-refractivity contribution is 0.182. The molecule has 0 aromatic heterocycles. The van der Waals surface area contributed by atoms with E-state index >= 15 is 0 Å². The van der Waals surface area contributed by atoms with Gasteiger partial charge in [-0.05, 0) is 48.3 Å². The SMILES string of the molecule is Oc1cccc(C2CCCC(C3CCCCC3)C2)c1. The van der Waals surface area contributed by atoms with Gasteiger partial charge in [0.2, 0.25) is 0 Å². The molecule has 3 rings (SSSR count). The van der Waals surface area contributed by atoms with E-state index in [1.165, 1.54) is 63.4 Å². The minimum Gasteiger partial charge on any atom is -0.508 e. The summed E-state index contributed by atoms with van der Waals surface area (Å²) in [5.41, 5.74) is 1.36. The highest BCUT2D eigenvalue weighted by Crippen LogP contribution is 2.43. The van der Waals surface area contributed by atoms with Crippen molar-refractivity contribution in [2.45, 2.75) is 63.7 Å². The summed E-state index contributed by atoms with van der Waals surface area (Å²) in [6.07, 6.45) is 12.8. The molecule has 104 valence electrons. The van der Waals surface area contributed by atoms with Crippen molar-refractivity contribution in [1.82, 2.24) is 0 Å². The van der Waals surface area contributed by atoms with E-state index in [0.29, 0.717) is 11.7 Å². The average molecular weight is 258 g/mol. The number of phenols is 1. The van der Waals surface area contributed by atoms with Gasteiger partial charge in [0.25, 0.3) is 0 Å². The fourth-order valence-electron chi connectivity index (χ4n) is 4.34. The first-order chi connectivity index (χ1) is 9.33. The zero-order valence-electron chi connectivity index (χ0n) is 11.9. The molecule has 2 unspecified atom stereocenters. The van der Waals surface area contributed by atoms with Crippen molar-refractivity contribution >= 4 is 0 Å². The van der Waals surface area contributed by atoms with E-state index in [1.54, 1.807) is 6.07 Å². The molecular formula is C18H26O. The molecular weight excluding hydrogens is 232 g/mol. The number of hydrogen-bond donors (Lipinski definition) is 1. The first-order valence-corrected chi connectivity index (χ1v) is 8.12. The Balaban J connectivity index is 1.67. The molecule has 0 radical (unpaired) electrons. The molecule has 0 saturated heterocycles. The summed E-state index contributed by atoms with van der Waals surface area (Å²) >= 11 is 0. The van der Waals surface area contributed by atoms with Crippen molar-refractivity contribution < 1.29 is 5.11 Å². The van der Waals surface area contributed by atoms with Crippen LogP contribution in [0.4, 0.5) is 0 Å². The molecule has 2 aliphatic carbocycles. The molecule has 0 spiro atoms. The maximum atomic E-state index is 9.66. The van der Waals surface area contributed by atoms with E-state index in [2.05, 4.69) is 6.07 Å². The Morgan fingerprint density at radius 1 is 0.842 bits per heavy atom. The Kier molecular flexibility index (Phi) is 4.10. The van der Waals surface area contributed by atoms with Crippen LogP contribution in [0.3, 0.4) is 0 Å². The minimum atomic E-state index is 0.428. The highest BCUT2D eigenvalue weighted by atomic mass is 16.3. The molecule has 1 N–H and O–H groups in total. The van der Waals surface area contributed by atoms with Gasteiger partial charge in [-0.15, -0.1) is 0 Å². The molecule has 2 saturated carbocycles. The summed E-state index contributed by atoms with van der Waals surface area (Å²) in [6, 6.07) is 7.96. The van der Waals surface area contributed by atoms with Gasteiger partial charge in [0.15, 0.2) is 0 Å². The topological polar surface area (TPSA) is 20.2 Å². The first kappa shape index (κ1) is 13.0. The number of aromatic hydroxyl groups is 1. The summed E-state index contributed by atoms with van der Waals surface area (Å²) in [7, 11) is 0. The molecule has 2 atom stereocenters. The van der Waals surface area contributed by atoms with Crippen LogP contribution in [0.1, 0.15) is 69.3 Å². The largest absolute Gasteiger partial charge is 0.508 e. The Morgan fingerprint density at radius 3 is 2.42 bits per heavy atom. The average Bonchev–Trinajstić information content (AvgIpc) is 2.48. The van der Waals surface area contributed by atoms with Crippen molar-refractivity contribution in [2.24, 2.45) is 11.8 Å². The molecule has 1 aromatic carbocycles. The Morgan fingerprint density at radius 2 is 1.63 bits per heavy atom. The third-order valence-corrected chi connectivity index (χ3v) is 5.37. The third-order valence-electron chi connectivity index (χ3n) is 5.37. The van der Waals surface area contributed by atoms with E-state index in [4.69, 9.17) is 0 Å². The second-order valence-corrected chi connectivity index (χ2v) is 6.62. The van der Waals surface area contributed by atoms with Gasteiger partial charge in [-0.3, -0.25) is 0 Å². The summed E-state index contributed by atoms with van der Waals surface area (Å²) in [4.78, 5) is 0. The van der Waals surface area contributed by atoms with Crippen LogP contribution in [-0.4, -0.2) is 5.11 Å². The van der Waals surface area contributed by atoms with Crippen LogP contribution in [0.2, 0.25) is 0 Å². The molecule has 2 aliphatic rings. The van der Waals surface area contributed by atoms with Crippen LogP contribution < -0.4 is 0 Å².